The minimum Gasteiger partial charge on any atom is -0.379 e. The summed E-state index contributed by atoms with van der Waals surface area (Å²) in [6.07, 6.45) is 0. The third-order valence-corrected chi connectivity index (χ3v) is 3.37. The summed E-state index contributed by atoms with van der Waals surface area (Å²) in [6.45, 7) is 2.45. The van der Waals surface area contributed by atoms with E-state index in [0.717, 1.165) is 19.8 Å². The number of ether oxygens (including phenoxy) is 1. The normalized spacial score (nSPS) is 11.2. The third kappa shape index (κ3) is 4.48. The zero-order chi connectivity index (χ0) is 14.2. The zero-order valence-electron chi connectivity index (χ0n) is 12.3. The van der Waals surface area contributed by atoms with Gasteiger partial charge in [0.05, 0.1) is 13.2 Å². The maximum Gasteiger partial charge on any atom is 0.0593 e. The predicted molar refractivity (Wildman–Crippen MR) is 84.1 cm³/mol. The quantitative estimate of drug-likeness (QED) is 0.714. The van der Waals surface area contributed by atoms with Gasteiger partial charge >= 0.3 is 0 Å². The molecule has 2 aromatic carbocycles. The number of benzene rings is 2. The van der Waals surface area contributed by atoms with Gasteiger partial charge in [0.2, 0.25) is 0 Å². The zero-order valence-corrected chi connectivity index (χ0v) is 12.3. The molecular weight excluding hydrogens is 246 g/mol. The molecule has 106 valence electrons. The van der Waals surface area contributed by atoms with Gasteiger partial charge in [0, 0.05) is 12.5 Å². The third-order valence-electron chi connectivity index (χ3n) is 3.37. The number of rotatable bonds is 7. The molecule has 0 atom stereocenters. The first-order valence-corrected chi connectivity index (χ1v) is 7.09. The Morgan fingerprint density at radius 3 is 1.80 bits per heavy atom. The van der Waals surface area contributed by atoms with Crippen LogP contribution < -0.4 is 0 Å². The van der Waals surface area contributed by atoms with Crippen molar-refractivity contribution in [2.45, 2.75) is 5.92 Å². The van der Waals surface area contributed by atoms with Gasteiger partial charge in [-0.3, -0.25) is 0 Å². The molecule has 0 heterocycles. The Kier molecular flexibility index (Phi) is 5.78. The van der Waals surface area contributed by atoms with Crippen LogP contribution in [0.2, 0.25) is 0 Å². The largest absolute Gasteiger partial charge is 0.379 e. The van der Waals surface area contributed by atoms with E-state index >= 15 is 0 Å². The van der Waals surface area contributed by atoms with Crippen LogP contribution in [0.5, 0.6) is 0 Å². The Morgan fingerprint density at radius 2 is 1.35 bits per heavy atom. The summed E-state index contributed by atoms with van der Waals surface area (Å²) in [5.74, 6) is 0.305. The minimum absolute atomic E-state index is 0.305. The van der Waals surface area contributed by atoms with Crippen molar-refractivity contribution < 1.29 is 4.74 Å². The molecule has 20 heavy (non-hydrogen) atoms. The van der Waals surface area contributed by atoms with Crippen LogP contribution in [0.15, 0.2) is 60.7 Å². The van der Waals surface area contributed by atoms with Crippen LogP contribution in [-0.4, -0.2) is 38.8 Å². The predicted octanol–water partition coefficient (Wildman–Crippen LogP) is 3.40. The van der Waals surface area contributed by atoms with Gasteiger partial charge in [-0.25, -0.2) is 0 Å². The van der Waals surface area contributed by atoms with Crippen molar-refractivity contribution in [3.05, 3.63) is 71.8 Å². The first-order chi connectivity index (χ1) is 9.77. The molecular formula is C18H23NO. The van der Waals surface area contributed by atoms with Crippen molar-refractivity contribution in [2.24, 2.45) is 0 Å². The second kappa shape index (κ2) is 7.83. The van der Waals surface area contributed by atoms with E-state index in [1.54, 1.807) is 0 Å². The average Bonchev–Trinajstić information content (AvgIpc) is 2.49. The van der Waals surface area contributed by atoms with E-state index in [2.05, 4.69) is 79.7 Å². The second-order valence-electron chi connectivity index (χ2n) is 5.25. The summed E-state index contributed by atoms with van der Waals surface area (Å²) in [4.78, 5) is 2.14. The molecule has 0 spiro atoms. The fourth-order valence-electron chi connectivity index (χ4n) is 2.20. The second-order valence-corrected chi connectivity index (χ2v) is 5.25. The minimum atomic E-state index is 0.305. The number of hydrogen-bond acceptors (Lipinski definition) is 2. The van der Waals surface area contributed by atoms with E-state index in [1.807, 2.05) is 0 Å². The van der Waals surface area contributed by atoms with Crippen LogP contribution in [0, 0.1) is 0 Å². The Morgan fingerprint density at radius 1 is 0.850 bits per heavy atom. The van der Waals surface area contributed by atoms with Crippen molar-refractivity contribution in [3.63, 3.8) is 0 Å². The molecule has 0 N–H and O–H groups in total. The molecule has 0 unspecified atom stereocenters. The Bertz CT molecular complexity index is 442. The first kappa shape index (κ1) is 14.8. The van der Waals surface area contributed by atoms with E-state index in [1.165, 1.54) is 11.1 Å². The highest BCUT2D eigenvalue weighted by Gasteiger charge is 2.13. The van der Waals surface area contributed by atoms with E-state index < -0.39 is 0 Å². The number of likely N-dealkylation sites (N-methyl/N-ethyl adjacent to an activating group) is 1. The van der Waals surface area contributed by atoms with Gasteiger partial charge in [0.1, 0.15) is 0 Å². The van der Waals surface area contributed by atoms with E-state index in [4.69, 9.17) is 4.74 Å². The van der Waals surface area contributed by atoms with E-state index in [9.17, 15) is 0 Å². The highest BCUT2D eigenvalue weighted by Crippen LogP contribution is 2.24. The fourth-order valence-corrected chi connectivity index (χ4v) is 2.20. The fraction of sp³-hybridized carbons (Fsp3) is 0.333. The summed E-state index contributed by atoms with van der Waals surface area (Å²) in [7, 11) is 4.13. The Balaban J connectivity index is 2.06. The molecule has 0 fully saturated rings. The SMILES string of the molecule is CN(C)CCOCC(c1ccccc1)c1ccccc1. The highest BCUT2D eigenvalue weighted by atomic mass is 16.5. The molecule has 0 radical (unpaired) electrons. The Labute approximate surface area is 122 Å². The monoisotopic (exact) mass is 269 g/mol. The van der Waals surface area contributed by atoms with Crippen molar-refractivity contribution >= 4 is 0 Å². The first-order valence-electron chi connectivity index (χ1n) is 7.09. The lowest BCUT2D eigenvalue weighted by Crippen LogP contribution is -2.20. The molecule has 0 amide bonds. The summed E-state index contributed by atoms with van der Waals surface area (Å²) in [6, 6.07) is 21.2. The summed E-state index contributed by atoms with van der Waals surface area (Å²) >= 11 is 0. The smallest absolute Gasteiger partial charge is 0.0593 e. The van der Waals surface area contributed by atoms with Gasteiger partial charge in [0.15, 0.2) is 0 Å². The number of nitrogens with zero attached hydrogens (tertiary/aromatic N) is 1. The van der Waals surface area contributed by atoms with Crippen LogP contribution in [-0.2, 0) is 4.74 Å². The molecule has 0 bridgehead atoms. The molecule has 2 aromatic rings. The van der Waals surface area contributed by atoms with Crippen LogP contribution in [0.4, 0.5) is 0 Å². The molecule has 0 aliphatic carbocycles. The van der Waals surface area contributed by atoms with Crippen molar-refractivity contribution in [1.82, 2.24) is 4.90 Å². The van der Waals surface area contributed by atoms with Gasteiger partial charge in [-0.1, -0.05) is 60.7 Å². The van der Waals surface area contributed by atoms with Crippen molar-refractivity contribution in [1.29, 1.82) is 0 Å². The number of hydrogen-bond donors (Lipinski definition) is 0. The molecule has 0 saturated carbocycles. The summed E-state index contributed by atoms with van der Waals surface area (Å²) < 4.78 is 5.87. The molecule has 2 nitrogen and oxygen atoms in total. The molecule has 2 heteroatoms. The van der Waals surface area contributed by atoms with Gasteiger partial charge in [-0.05, 0) is 25.2 Å². The van der Waals surface area contributed by atoms with E-state index in [-0.39, 0.29) is 0 Å². The van der Waals surface area contributed by atoms with Crippen LogP contribution >= 0.6 is 0 Å². The molecule has 2 rings (SSSR count). The van der Waals surface area contributed by atoms with Gasteiger partial charge < -0.3 is 9.64 Å². The van der Waals surface area contributed by atoms with Gasteiger partial charge in [0.25, 0.3) is 0 Å². The van der Waals surface area contributed by atoms with Crippen molar-refractivity contribution in [2.75, 3.05) is 33.9 Å². The molecule has 0 saturated heterocycles. The molecule has 0 aliphatic heterocycles. The lowest BCUT2D eigenvalue weighted by atomic mass is 9.92. The topological polar surface area (TPSA) is 12.5 Å². The highest BCUT2D eigenvalue weighted by molar-refractivity contribution is 5.32. The maximum atomic E-state index is 5.87. The van der Waals surface area contributed by atoms with Crippen LogP contribution in [0.3, 0.4) is 0 Å². The molecule has 0 aliphatic rings. The van der Waals surface area contributed by atoms with Crippen LogP contribution in [0.25, 0.3) is 0 Å². The lowest BCUT2D eigenvalue weighted by molar-refractivity contribution is 0.112. The average molecular weight is 269 g/mol. The van der Waals surface area contributed by atoms with Crippen molar-refractivity contribution in [3.8, 4) is 0 Å². The van der Waals surface area contributed by atoms with Gasteiger partial charge in [-0.2, -0.15) is 0 Å². The maximum absolute atomic E-state index is 5.87. The Hall–Kier alpha value is -1.64. The summed E-state index contributed by atoms with van der Waals surface area (Å²) in [5, 5.41) is 0. The summed E-state index contributed by atoms with van der Waals surface area (Å²) in [5.41, 5.74) is 2.62. The van der Waals surface area contributed by atoms with Crippen LogP contribution in [0.1, 0.15) is 17.0 Å². The standard InChI is InChI=1S/C18H23NO/c1-19(2)13-14-20-15-18(16-9-5-3-6-10-16)17-11-7-4-8-12-17/h3-12,18H,13-15H2,1-2H3. The lowest BCUT2D eigenvalue weighted by Gasteiger charge is -2.19. The van der Waals surface area contributed by atoms with Gasteiger partial charge in [-0.15, -0.1) is 0 Å². The molecule has 0 aromatic heterocycles. The van der Waals surface area contributed by atoms with E-state index in [0.29, 0.717) is 5.92 Å².